The van der Waals surface area contributed by atoms with Crippen molar-refractivity contribution in [2.24, 2.45) is 0 Å². The van der Waals surface area contributed by atoms with Crippen LogP contribution in [0.3, 0.4) is 0 Å². The Balaban J connectivity index is 1.75. The first kappa shape index (κ1) is 13.9. The second kappa shape index (κ2) is 5.77. The number of rotatable bonds is 2. The molecule has 1 aromatic carbocycles. The van der Waals surface area contributed by atoms with Gasteiger partial charge in [0.2, 0.25) is 0 Å². The number of methoxy groups -OCH3 is 1. The lowest BCUT2D eigenvalue weighted by Gasteiger charge is -2.49. The van der Waals surface area contributed by atoms with E-state index < -0.39 is 37.0 Å². The minimum atomic E-state index is -1.43. The van der Waals surface area contributed by atoms with Crippen molar-refractivity contribution < 1.29 is 29.2 Å². The van der Waals surface area contributed by atoms with Gasteiger partial charge in [-0.2, -0.15) is 0 Å². The lowest BCUT2D eigenvalue weighted by atomic mass is 9.98. The zero-order valence-corrected chi connectivity index (χ0v) is 11.0. The van der Waals surface area contributed by atoms with Crippen molar-refractivity contribution in [3.05, 3.63) is 35.9 Å². The highest BCUT2D eigenvalue weighted by atomic mass is 16.7. The molecule has 20 heavy (non-hydrogen) atoms. The summed E-state index contributed by atoms with van der Waals surface area (Å²) >= 11 is 0. The maximum Gasteiger partial charge on any atom is 0.184 e. The number of aliphatic hydroxyl groups excluding tert-OH is 1. The van der Waals surface area contributed by atoms with E-state index in [1.165, 1.54) is 7.11 Å². The smallest absolute Gasteiger partial charge is 0.184 e. The highest BCUT2D eigenvalue weighted by Gasteiger charge is 2.46. The van der Waals surface area contributed by atoms with Crippen LogP contribution in [0.1, 0.15) is 11.9 Å². The quantitative estimate of drug-likeness (QED) is 0.792. The Bertz CT molecular complexity index is 439. The van der Waals surface area contributed by atoms with Crippen LogP contribution >= 0.6 is 0 Å². The zero-order chi connectivity index (χ0) is 14.1. The van der Waals surface area contributed by atoms with Crippen LogP contribution in [0, 0.1) is 0 Å². The van der Waals surface area contributed by atoms with E-state index >= 15 is 0 Å². The van der Waals surface area contributed by atoms with Crippen molar-refractivity contribution in [3.8, 4) is 0 Å². The molecular weight excluding hydrogens is 264 g/mol. The van der Waals surface area contributed by atoms with Crippen LogP contribution in [0.25, 0.3) is 0 Å². The Morgan fingerprint density at radius 3 is 2.70 bits per heavy atom. The van der Waals surface area contributed by atoms with Gasteiger partial charge in [-0.3, -0.25) is 0 Å². The summed E-state index contributed by atoms with van der Waals surface area (Å²) in [5.41, 5.74) is 0.858. The summed E-state index contributed by atoms with van der Waals surface area (Å²) in [4.78, 5) is 0. The van der Waals surface area contributed by atoms with Crippen molar-refractivity contribution in [1.29, 1.82) is 0 Å². The number of fused-ring (bicyclic) bond motifs is 1. The Morgan fingerprint density at radius 1 is 1.25 bits per heavy atom. The summed E-state index contributed by atoms with van der Waals surface area (Å²) in [6, 6.07) is 9.42. The number of ether oxygens (including phenoxy) is 4. The third-order valence-corrected chi connectivity index (χ3v) is 3.65. The Labute approximate surface area is 116 Å². The molecule has 0 radical (unpaired) electrons. The molecule has 6 heteroatoms. The number of hydrogen-bond acceptors (Lipinski definition) is 6. The summed E-state index contributed by atoms with van der Waals surface area (Å²) in [5.74, 6) is 0. The molecule has 110 valence electrons. The van der Waals surface area contributed by atoms with Gasteiger partial charge in [-0.1, -0.05) is 30.3 Å². The van der Waals surface area contributed by atoms with E-state index in [1.807, 2.05) is 30.3 Å². The summed E-state index contributed by atoms with van der Waals surface area (Å²) in [5, 5.41) is 21.9. The molecule has 3 rings (SSSR count). The standard InChI is InChI=1S/C14H17O6/c1-17-12-10(15)11-9(19-13(12)16)7-18-14(20-11)8-5-3-2-4-6-8/h2-6,9-15H,7H2,1H3/q-1/t9-,10+,11-,12-,13+,14?/m1/s1. The molecule has 0 amide bonds. The van der Waals surface area contributed by atoms with Crippen LogP contribution in [0.2, 0.25) is 0 Å². The maximum atomic E-state index is 11.7. The van der Waals surface area contributed by atoms with E-state index in [1.54, 1.807) is 0 Å². The fraction of sp³-hybridized carbons (Fsp3) is 0.571. The van der Waals surface area contributed by atoms with Crippen LogP contribution in [0.15, 0.2) is 30.3 Å². The lowest BCUT2D eigenvalue weighted by Crippen LogP contribution is -2.65. The summed E-state index contributed by atoms with van der Waals surface area (Å²) in [6.45, 7) is 0.205. The largest absolute Gasteiger partial charge is 0.829 e. The lowest BCUT2D eigenvalue weighted by molar-refractivity contribution is -0.540. The predicted octanol–water partition coefficient (Wildman–Crippen LogP) is -0.438. The third kappa shape index (κ3) is 2.46. The van der Waals surface area contributed by atoms with Crippen LogP contribution in [-0.4, -0.2) is 49.5 Å². The molecule has 1 aromatic rings. The molecule has 1 N–H and O–H groups in total. The fourth-order valence-electron chi connectivity index (χ4n) is 2.60. The Kier molecular flexibility index (Phi) is 4.02. The summed E-state index contributed by atoms with van der Waals surface area (Å²) in [7, 11) is 1.37. The van der Waals surface area contributed by atoms with Gasteiger partial charge in [-0.15, -0.1) is 0 Å². The molecule has 6 atom stereocenters. The predicted molar refractivity (Wildman–Crippen MR) is 65.5 cm³/mol. The fourth-order valence-corrected chi connectivity index (χ4v) is 2.60. The van der Waals surface area contributed by atoms with Gasteiger partial charge in [0.25, 0.3) is 0 Å². The Morgan fingerprint density at radius 2 is 2.00 bits per heavy atom. The second-order valence-electron chi connectivity index (χ2n) is 4.91. The van der Waals surface area contributed by atoms with Gasteiger partial charge in [0.05, 0.1) is 12.7 Å². The maximum absolute atomic E-state index is 11.7. The molecule has 2 aliphatic rings. The molecule has 0 spiro atoms. The first-order valence-corrected chi connectivity index (χ1v) is 6.55. The summed E-state index contributed by atoms with van der Waals surface area (Å²) in [6.07, 6.45) is -5.18. The molecule has 0 aliphatic carbocycles. The van der Waals surface area contributed by atoms with E-state index in [4.69, 9.17) is 18.9 Å². The van der Waals surface area contributed by atoms with Gasteiger partial charge in [0.1, 0.15) is 18.3 Å². The van der Waals surface area contributed by atoms with Crippen molar-refractivity contribution in [1.82, 2.24) is 0 Å². The van der Waals surface area contributed by atoms with Crippen LogP contribution < -0.4 is 5.11 Å². The molecule has 6 nitrogen and oxygen atoms in total. The minimum absolute atomic E-state index is 0.205. The Hall–Kier alpha value is -1.02. The second-order valence-corrected chi connectivity index (χ2v) is 4.91. The topological polar surface area (TPSA) is 80.2 Å². The summed E-state index contributed by atoms with van der Waals surface area (Å²) < 4.78 is 21.6. The van der Waals surface area contributed by atoms with Gasteiger partial charge >= 0.3 is 0 Å². The van der Waals surface area contributed by atoms with Crippen LogP contribution in [0.5, 0.6) is 0 Å². The molecule has 2 aliphatic heterocycles. The first-order valence-electron chi connectivity index (χ1n) is 6.55. The average Bonchev–Trinajstić information content (AvgIpc) is 2.48. The van der Waals surface area contributed by atoms with E-state index in [-0.39, 0.29) is 6.61 Å². The molecule has 0 aromatic heterocycles. The van der Waals surface area contributed by atoms with Crippen molar-refractivity contribution >= 4 is 0 Å². The van der Waals surface area contributed by atoms with Gasteiger partial charge < -0.3 is 29.2 Å². The molecule has 0 saturated carbocycles. The van der Waals surface area contributed by atoms with E-state index in [9.17, 15) is 10.2 Å². The zero-order valence-electron chi connectivity index (χ0n) is 11.0. The number of benzene rings is 1. The van der Waals surface area contributed by atoms with Gasteiger partial charge in [-0.25, -0.2) is 0 Å². The van der Waals surface area contributed by atoms with Crippen molar-refractivity contribution in [3.63, 3.8) is 0 Å². The molecule has 0 bridgehead atoms. The third-order valence-electron chi connectivity index (χ3n) is 3.65. The van der Waals surface area contributed by atoms with E-state index in [0.29, 0.717) is 0 Å². The van der Waals surface area contributed by atoms with Crippen molar-refractivity contribution in [2.45, 2.75) is 37.0 Å². The molecule has 2 saturated heterocycles. The average molecular weight is 281 g/mol. The monoisotopic (exact) mass is 281 g/mol. The highest BCUT2D eigenvalue weighted by Crippen LogP contribution is 2.33. The minimum Gasteiger partial charge on any atom is -0.829 e. The van der Waals surface area contributed by atoms with E-state index in [0.717, 1.165) is 5.56 Å². The van der Waals surface area contributed by atoms with Gasteiger partial charge in [0.15, 0.2) is 6.29 Å². The van der Waals surface area contributed by atoms with Crippen molar-refractivity contribution in [2.75, 3.05) is 13.7 Å². The van der Waals surface area contributed by atoms with Gasteiger partial charge in [0, 0.05) is 19.0 Å². The SMILES string of the molecule is CO[C@@H]1[C@@H](O)[C@@H]2OC(c3ccccc3)OC[C@H]2O[C@@H]1[O-]. The highest BCUT2D eigenvalue weighted by molar-refractivity contribution is 5.16. The van der Waals surface area contributed by atoms with E-state index in [2.05, 4.69) is 0 Å². The molecule has 2 fully saturated rings. The molecular formula is C14H17O6-. The molecule has 1 unspecified atom stereocenters. The molecule has 2 heterocycles. The number of hydrogen-bond donors (Lipinski definition) is 1. The number of aliphatic hydroxyl groups is 1. The van der Waals surface area contributed by atoms with Crippen LogP contribution in [0.4, 0.5) is 0 Å². The van der Waals surface area contributed by atoms with Crippen LogP contribution in [-0.2, 0) is 18.9 Å². The first-order chi connectivity index (χ1) is 9.70. The van der Waals surface area contributed by atoms with Gasteiger partial charge in [-0.05, 0) is 0 Å². The normalized spacial score (nSPS) is 41.1.